The molecule has 0 radical (unpaired) electrons. The van der Waals surface area contributed by atoms with Crippen molar-refractivity contribution in [2.75, 3.05) is 0 Å². The molecule has 3 N–H and O–H groups in total. The molecule has 112 valence electrons. The minimum atomic E-state index is -4.27. The van der Waals surface area contributed by atoms with E-state index in [9.17, 15) is 17.6 Å². The van der Waals surface area contributed by atoms with E-state index < -0.39 is 32.3 Å². The van der Waals surface area contributed by atoms with Crippen LogP contribution >= 0.6 is 11.6 Å². The van der Waals surface area contributed by atoms with Crippen LogP contribution in [0.5, 0.6) is 0 Å². The van der Waals surface area contributed by atoms with E-state index in [1.807, 2.05) is 0 Å². The lowest BCUT2D eigenvalue weighted by Crippen LogP contribution is -2.25. The first-order chi connectivity index (χ1) is 9.81. The molecule has 0 spiro atoms. The average Bonchev–Trinajstić information content (AvgIpc) is 2.91. The van der Waals surface area contributed by atoms with Crippen LogP contribution in [0.2, 0.25) is 5.02 Å². The Morgan fingerprint density at radius 1 is 1.48 bits per heavy atom. The third-order valence-corrected chi connectivity index (χ3v) is 4.15. The SMILES string of the molecule is O=C(O)c1cc(Cl)cc(S(=O)(=O)NCc2cnc[nH]2)c1F. The van der Waals surface area contributed by atoms with Crippen molar-refractivity contribution < 1.29 is 22.7 Å². The van der Waals surface area contributed by atoms with E-state index in [2.05, 4.69) is 14.7 Å². The maximum atomic E-state index is 14.0. The summed E-state index contributed by atoms with van der Waals surface area (Å²) in [5.74, 6) is -2.98. The number of aromatic carboxylic acids is 1. The Morgan fingerprint density at radius 2 is 2.19 bits per heavy atom. The van der Waals surface area contributed by atoms with Gasteiger partial charge in [0, 0.05) is 16.9 Å². The average molecular weight is 334 g/mol. The number of carboxylic acids is 1. The van der Waals surface area contributed by atoms with E-state index in [0.717, 1.165) is 12.1 Å². The van der Waals surface area contributed by atoms with Crippen molar-refractivity contribution in [2.24, 2.45) is 0 Å². The van der Waals surface area contributed by atoms with Gasteiger partial charge in [-0.3, -0.25) is 0 Å². The van der Waals surface area contributed by atoms with Gasteiger partial charge < -0.3 is 10.1 Å². The largest absolute Gasteiger partial charge is 0.478 e. The quantitative estimate of drug-likeness (QED) is 0.765. The number of hydrogen-bond acceptors (Lipinski definition) is 4. The predicted octanol–water partition coefficient (Wildman–Crippen LogP) is 1.38. The Labute approximate surface area is 123 Å². The van der Waals surface area contributed by atoms with Gasteiger partial charge in [-0.15, -0.1) is 0 Å². The Hall–Kier alpha value is -1.97. The molecule has 7 nitrogen and oxygen atoms in total. The number of sulfonamides is 1. The third kappa shape index (κ3) is 3.38. The van der Waals surface area contributed by atoms with Gasteiger partial charge in [0.2, 0.25) is 10.0 Å². The molecular weight excluding hydrogens is 325 g/mol. The van der Waals surface area contributed by atoms with E-state index >= 15 is 0 Å². The number of aromatic amines is 1. The van der Waals surface area contributed by atoms with Crippen molar-refractivity contribution in [1.82, 2.24) is 14.7 Å². The molecule has 0 fully saturated rings. The van der Waals surface area contributed by atoms with E-state index in [4.69, 9.17) is 16.7 Å². The number of rotatable bonds is 5. The molecule has 0 atom stereocenters. The molecule has 2 rings (SSSR count). The molecule has 10 heteroatoms. The van der Waals surface area contributed by atoms with E-state index in [1.165, 1.54) is 12.5 Å². The van der Waals surface area contributed by atoms with Crippen LogP contribution in [0, 0.1) is 5.82 Å². The highest BCUT2D eigenvalue weighted by molar-refractivity contribution is 7.89. The molecule has 21 heavy (non-hydrogen) atoms. The van der Waals surface area contributed by atoms with E-state index in [1.54, 1.807) is 0 Å². The van der Waals surface area contributed by atoms with Gasteiger partial charge in [-0.2, -0.15) is 0 Å². The highest BCUT2D eigenvalue weighted by Crippen LogP contribution is 2.24. The van der Waals surface area contributed by atoms with Crippen molar-refractivity contribution in [3.05, 3.63) is 46.8 Å². The minimum Gasteiger partial charge on any atom is -0.478 e. The molecule has 0 saturated carbocycles. The number of imidazole rings is 1. The number of carbonyl (C=O) groups is 1. The summed E-state index contributed by atoms with van der Waals surface area (Å²) in [5.41, 5.74) is -0.358. The second-order valence-electron chi connectivity index (χ2n) is 3.97. The Morgan fingerprint density at radius 3 is 2.76 bits per heavy atom. The van der Waals surface area contributed by atoms with Gasteiger partial charge in [0.25, 0.3) is 0 Å². The maximum Gasteiger partial charge on any atom is 0.338 e. The summed E-state index contributed by atoms with van der Waals surface area (Å²) >= 11 is 5.63. The molecule has 1 aromatic heterocycles. The summed E-state index contributed by atoms with van der Waals surface area (Å²) in [7, 11) is -4.27. The second-order valence-corrected chi connectivity index (χ2v) is 6.14. The summed E-state index contributed by atoms with van der Waals surface area (Å²) in [5, 5.41) is 8.63. The number of nitrogens with one attached hydrogen (secondary N) is 2. The van der Waals surface area contributed by atoms with E-state index in [0.29, 0.717) is 5.69 Å². The first-order valence-electron chi connectivity index (χ1n) is 5.50. The molecule has 2 aromatic rings. The molecule has 0 aliphatic heterocycles. The van der Waals surface area contributed by atoms with Crippen molar-refractivity contribution in [3.8, 4) is 0 Å². The Balaban J connectivity index is 2.37. The number of aromatic nitrogens is 2. The summed E-state index contributed by atoms with van der Waals surface area (Å²) < 4.78 is 40.2. The third-order valence-electron chi connectivity index (χ3n) is 2.53. The van der Waals surface area contributed by atoms with Gasteiger partial charge in [0.1, 0.15) is 4.90 Å². The molecule has 1 heterocycles. The molecule has 0 amide bonds. The Kier molecular flexibility index (Phi) is 4.26. The zero-order valence-electron chi connectivity index (χ0n) is 10.3. The van der Waals surface area contributed by atoms with Gasteiger partial charge in [0.15, 0.2) is 5.82 Å². The number of nitrogens with zero attached hydrogens (tertiary/aromatic N) is 1. The number of halogens is 2. The first-order valence-corrected chi connectivity index (χ1v) is 7.36. The van der Waals surface area contributed by atoms with Crippen LogP contribution in [-0.2, 0) is 16.6 Å². The number of benzene rings is 1. The summed E-state index contributed by atoms with van der Waals surface area (Å²) in [6.07, 6.45) is 2.74. The first kappa shape index (κ1) is 15.4. The fourth-order valence-corrected chi connectivity index (χ4v) is 2.96. The van der Waals surface area contributed by atoms with Crippen molar-refractivity contribution in [2.45, 2.75) is 11.4 Å². The second kappa shape index (κ2) is 5.80. The molecule has 0 aliphatic carbocycles. The van der Waals surface area contributed by atoms with Crippen LogP contribution in [0.3, 0.4) is 0 Å². The minimum absolute atomic E-state index is 0.156. The lowest BCUT2D eigenvalue weighted by Gasteiger charge is -2.09. The Bertz CT molecular complexity index is 777. The molecule has 0 aliphatic rings. The summed E-state index contributed by atoms with van der Waals surface area (Å²) in [6.45, 7) is -0.156. The maximum absolute atomic E-state index is 14.0. The van der Waals surface area contributed by atoms with Crippen LogP contribution in [0.25, 0.3) is 0 Å². The number of hydrogen-bond donors (Lipinski definition) is 3. The van der Waals surface area contributed by atoms with Crippen molar-refractivity contribution >= 4 is 27.6 Å². The number of H-pyrrole nitrogens is 1. The summed E-state index contributed by atoms with van der Waals surface area (Å²) in [4.78, 5) is 16.4. The van der Waals surface area contributed by atoms with E-state index in [-0.39, 0.29) is 11.6 Å². The fourth-order valence-electron chi connectivity index (χ4n) is 1.55. The van der Waals surface area contributed by atoms with Gasteiger partial charge in [-0.05, 0) is 12.1 Å². The molecular formula is C11H9ClFN3O4S. The lowest BCUT2D eigenvalue weighted by molar-refractivity contribution is 0.0691. The van der Waals surface area contributed by atoms with Crippen LogP contribution in [0.4, 0.5) is 4.39 Å². The highest BCUT2D eigenvalue weighted by atomic mass is 35.5. The van der Waals surface area contributed by atoms with Gasteiger partial charge in [-0.25, -0.2) is 27.3 Å². The lowest BCUT2D eigenvalue weighted by atomic mass is 10.2. The van der Waals surface area contributed by atoms with Gasteiger partial charge in [-0.1, -0.05) is 11.6 Å². The van der Waals surface area contributed by atoms with Gasteiger partial charge >= 0.3 is 5.97 Å². The van der Waals surface area contributed by atoms with Crippen LogP contribution in [-0.4, -0.2) is 29.5 Å². The van der Waals surface area contributed by atoms with Crippen LogP contribution in [0.15, 0.2) is 29.6 Å². The molecule has 1 aromatic carbocycles. The normalized spacial score (nSPS) is 11.5. The molecule has 0 unspecified atom stereocenters. The fraction of sp³-hybridized carbons (Fsp3) is 0.0909. The summed E-state index contributed by atoms with van der Waals surface area (Å²) in [6, 6.07) is 1.69. The zero-order valence-corrected chi connectivity index (χ0v) is 11.9. The van der Waals surface area contributed by atoms with Crippen molar-refractivity contribution in [3.63, 3.8) is 0 Å². The van der Waals surface area contributed by atoms with Gasteiger partial charge in [0.05, 0.1) is 18.4 Å². The highest BCUT2D eigenvalue weighted by Gasteiger charge is 2.25. The smallest absolute Gasteiger partial charge is 0.338 e. The van der Waals surface area contributed by atoms with Crippen molar-refractivity contribution in [1.29, 1.82) is 0 Å². The zero-order chi connectivity index (χ0) is 15.6. The van der Waals surface area contributed by atoms with Crippen LogP contribution in [0.1, 0.15) is 16.1 Å². The van der Waals surface area contributed by atoms with Crippen LogP contribution < -0.4 is 4.72 Å². The topological polar surface area (TPSA) is 112 Å². The number of carboxylic acid groups (broad SMARTS) is 1. The monoisotopic (exact) mass is 333 g/mol. The molecule has 0 bridgehead atoms. The predicted molar refractivity (Wildman–Crippen MR) is 71.0 cm³/mol. The molecule has 0 saturated heterocycles. The standard InChI is InChI=1S/C11H9ClFN3O4S/c12-6-1-8(11(17)18)10(13)9(2-6)21(19,20)16-4-7-3-14-5-15-7/h1-3,5,16H,4H2,(H,14,15)(H,17,18).